The van der Waals surface area contributed by atoms with Crippen LogP contribution in [-0.4, -0.2) is 0 Å². The van der Waals surface area contributed by atoms with Gasteiger partial charge in [0.05, 0.1) is 10.6 Å². The molecule has 1 N–H and O–H groups in total. The smallest absolute Gasteiger partial charge is 0.131 e. The maximum atomic E-state index is 6.05. The Labute approximate surface area is 144 Å². The first-order valence-electron chi connectivity index (χ1n) is 6.14. The molecule has 2 nitrogen and oxygen atoms in total. The molecule has 0 spiro atoms. The summed E-state index contributed by atoms with van der Waals surface area (Å²) in [6.07, 6.45) is 1.66. The first kappa shape index (κ1) is 15.0. The number of hydrogen-bond donors (Lipinski definition) is 1. The molecule has 0 aliphatic rings. The second-order valence-corrected chi connectivity index (χ2v) is 7.40. The lowest BCUT2D eigenvalue weighted by molar-refractivity contribution is 0.500. The molecule has 0 bridgehead atoms. The van der Waals surface area contributed by atoms with Gasteiger partial charge in [-0.25, -0.2) is 0 Å². The van der Waals surface area contributed by atoms with Crippen LogP contribution in [0.1, 0.15) is 16.7 Å². The summed E-state index contributed by atoms with van der Waals surface area (Å²) in [5.41, 5.74) is 0.935. The zero-order valence-electron chi connectivity index (χ0n) is 10.6. The number of halogens is 3. The molecule has 1 unspecified atom stereocenters. The van der Waals surface area contributed by atoms with Gasteiger partial charge in [-0.2, -0.15) is 0 Å². The van der Waals surface area contributed by atoms with Crippen molar-refractivity contribution < 1.29 is 4.42 Å². The van der Waals surface area contributed by atoms with Crippen LogP contribution >= 0.6 is 50.5 Å². The van der Waals surface area contributed by atoms with Crippen molar-refractivity contribution in [1.82, 2.24) is 0 Å². The standard InChI is InChI=1S/C15H10BrCl2NOS/c16-10-8-9(17)3-4-11(10)19-15(12-2-1-7-20-12)13-5-6-14(18)21-13/h1-8,15,19H. The summed E-state index contributed by atoms with van der Waals surface area (Å²) in [5, 5.41) is 4.14. The van der Waals surface area contributed by atoms with Crippen LogP contribution in [0.3, 0.4) is 0 Å². The Bertz CT molecular complexity index is 742. The molecule has 6 heteroatoms. The zero-order valence-corrected chi connectivity index (χ0v) is 14.6. The number of thiophene rings is 1. The number of furan rings is 1. The number of benzene rings is 1. The highest BCUT2D eigenvalue weighted by atomic mass is 79.9. The van der Waals surface area contributed by atoms with Crippen molar-refractivity contribution >= 4 is 56.2 Å². The molecule has 2 heterocycles. The Balaban J connectivity index is 1.96. The van der Waals surface area contributed by atoms with E-state index in [4.69, 9.17) is 27.6 Å². The quantitative estimate of drug-likeness (QED) is 0.530. The van der Waals surface area contributed by atoms with Crippen LogP contribution in [-0.2, 0) is 0 Å². The summed E-state index contributed by atoms with van der Waals surface area (Å²) in [6.45, 7) is 0. The van der Waals surface area contributed by atoms with Crippen molar-refractivity contribution in [3.05, 3.63) is 73.2 Å². The van der Waals surface area contributed by atoms with Gasteiger partial charge in [-0.15, -0.1) is 11.3 Å². The van der Waals surface area contributed by atoms with Gasteiger partial charge in [-0.05, 0) is 58.4 Å². The molecule has 3 rings (SSSR count). The lowest BCUT2D eigenvalue weighted by Gasteiger charge is -2.18. The first-order chi connectivity index (χ1) is 10.1. The molecule has 2 aromatic heterocycles. The topological polar surface area (TPSA) is 25.2 Å². The molecule has 0 fully saturated rings. The summed E-state index contributed by atoms with van der Waals surface area (Å²) in [4.78, 5) is 1.08. The highest BCUT2D eigenvalue weighted by Gasteiger charge is 2.19. The number of anilines is 1. The fourth-order valence-corrected chi connectivity index (χ4v) is 3.90. The Kier molecular flexibility index (Phi) is 4.60. The molecule has 0 saturated heterocycles. The Morgan fingerprint density at radius 1 is 1.14 bits per heavy atom. The minimum atomic E-state index is -0.102. The van der Waals surface area contributed by atoms with Gasteiger partial charge in [0.1, 0.15) is 11.8 Å². The monoisotopic (exact) mass is 401 g/mol. The second-order valence-electron chi connectivity index (χ2n) is 4.36. The van der Waals surface area contributed by atoms with E-state index in [1.54, 1.807) is 6.26 Å². The van der Waals surface area contributed by atoms with Crippen LogP contribution in [0.25, 0.3) is 0 Å². The summed E-state index contributed by atoms with van der Waals surface area (Å²) in [6, 6.07) is 13.2. The summed E-state index contributed by atoms with van der Waals surface area (Å²) < 4.78 is 7.20. The van der Waals surface area contributed by atoms with Crippen molar-refractivity contribution in [3.63, 3.8) is 0 Å². The van der Waals surface area contributed by atoms with Crippen LogP contribution in [0, 0.1) is 0 Å². The SMILES string of the molecule is Clc1ccc(NC(c2ccco2)c2ccc(Cl)s2)c(Br)c1. The maximum absolute atomic E-state index is 6.05. The third kappa shape index (κ3) is 3.46. The van der Waals surface area contributed by atoms with Gasteiger partial charge in [0.25, 0.3) is 0 Å². The van der Waals surface area contributed by atoms with Crippen molar-refractivity contribution in [1.29, 1.82) is 0 Å². The van der Waals surface area contributed by atoms with Gasteiger partial charge in [-0.1, -0.05) is 23.2 Å². The van der Waals surface area contributed by atoms with E-state index in [-0.39, 0.29) is 6.04 Å². The van der Waals surface area contributed by atoms with E-state index in [2.05, 4.69) is 21.2 Å². The lowest BCUT2D eigenvalue weighted by atomic mass is 10.1. The highest BCUT2D eigenvalue weighted by molar-refractivity contribution is 9.10. The van der Waals surface area contributed by atoms with E-state index in [0.29, 0.717) is 5.02 Å². The van der Waals surface area contributed by atoms with Gasteiger partial charge in [0.15, 0.2) is 0 Å². The van der Waals surface area contributed by atoms with E-state index in [9.17, 15) is 0 Å². The Morgan fingerprint density at radius 3 is 2.62 bits per heavy atom. The Morgan fingerprint density at radius 2 is 2.00 bits per heavy atom. The molecular weight excluding hydrogens is 393 g/mol. The van der Waals surface area contributed by atoms with E-state index in [1.165, 1.54) is 11.3 Å². The number of hydrogen-bond acceptors (Lipinski definition) is 3. The summed E-state index contributed by atoms with van der Waals surface area (Å²) in [5.74, 6) is 0.829. The van der Waals surface area contributed by atoms with Crippen LogP contribution in [0.2, 0.25) is 9.36 Å². The summed E-state index contributed by atoms with van der Waals surface area (Å²) in [7, 11) is 0. The summed E-state index contributed by atoms with van der Waals surface area (Å²) >= 11 is 17.1. The fourth-order valence-electron chi connectivity index (χ4n) is 1.98. The number of nitrogens with one attached hydrogen (secondary N) is 1. The Hall–Kier alpha value is -0.940. The molecular formula is C15H10BrCl2NOS. The van der Waals surface area contributed by atoms with Gasteiger partial charge >= 0.3 is 0 Å². The van der Waals surface area contributed by atoms with E-state index in [1.807, 2.05) is 42.5 Å². The van der Waals surface area contributed by atoms with Gasteiger partial charge in [-0.3, -0.25) is 0 Å². The normalized spacial score (nSPS) is 12.3. The molecule has 1 aromatic carbocycles. The minimum Gasteiger partial charge on any atom is -0.467 e. The predicted molar refractivity (Wildman–Crippen MR) is 92.7 cm³/mol. The third-order valence-electron chi connectivity index (χ3n) is 2.94. The van der Waals surface area contributed by atoms with Crippen molar-refractivity contribution in [2.45, 2.75) is 6.04 Å². The predicted octanol–water partition coefficient (Wildman–Crippen LogP) is 6.61. The molecule has 0 aliphatic carbocycles. The first-order valence-corrected chi connectivity index (χ1v) is 8.50. The lowest BCUT2D eigenvalue weighted by Crippen LogP contribution is -2.10. The molecule has 108 valence electrons. The van der Waals surface area contributed by atoms with Crippen LogP contribution in [0.4, 0.5) is 5.69 Å². The molecule has 0 amide bonds. The fraction of sp³-hybridized carbons (Fsp3) is 0.0667. The van der Waals surface area contributed by atoms with Crippen molar-refractivity contribution in [2.75, 3.05) is 5.32 Å². The van der Waals surface area contributed by atoms with Gasteiger partial charge < -0.3 is 9.73 Å². The van der Waals surface area contributed by atoms with Gasteiger partial charge in [0, 0.05) is 20.1 Å². The van der Waals surface area contributed by atoms with Crippen LogP contribution < -0.4 is 5.32 Å². The van der Waals surface area contributed by atoms with Crippen LogP contribution in [0.5, 0.6) is 0 Å². The molecule has 0 aliphatic heterocycles. The molecule has 0 saturated carbocycles. The van der Waals surface area contributed by atoms with Crippen molar-refractivity contribution in [2.24, 2.45) is 0 Å². The molecule has 1 atom stereocenters. The molecule has 3 aromatic rings. The average molecular weight is 403 g/mol. The largest absolute Gasteiger partial charge is 0.467 e. The van der Waals surface area contributed by atoms with E-state index < -0.39 is 0 Å². The maximum Gasteiger partial charge on any atom is 0.131 e. The molecule has 21 heavy (non-hydrogen) atoms. The van der Waals surface area contributed by atoms with Gasteiger partial charge in [0.2, 0.25) is 0 Å². The van der Waals surface area contributed by atoms with Crippen LogP contribution in [0.15, 0.2) is 57.6 Å². The van der Waals surface area contributed by atoms with E-state index >= 15 is 0 Å². The highest BCUT2D eigenvalue weighted by Crippen LogP contribution is 2.36. The minimum absolute atomic E-state index is 0.102. The second kappa shape index (κ2) is 6.44. The molecule has 0 radical (unpaired) electrons. The number of rotatable bonds is 4. The third-order valence-corrected chi connectivity index (χ3v) is 5.12. The zero-order chi connectivity index (χ0) is 14.8. The average Bonchev–Trinajstić information content (AvgIpc) is 3.09. The van der Waals surface area contributed by atoms with E-state index in [0.717, 1.165) is 25.1 Å². The van der Waals surface area contributed by atoms with Crippen molar-refractivity contribution in [3.8, 4) is 0 Å².